The van der Waals surface area contributed by atoms with Crippen molar-refractivity contribution >= 4 is 27.3 Å². The van der Waals surface area contributed by atoms with Gasteiger partial charge in [0.2, 0.25) is 5.91 Å². The molecule has 0 saturated carbocycles. The van der Waals surface area contributed by atoms with Gasteiger partial charge < -0.3 is 15.0 Å². The molecule has 0 fully saturated rings. The van der Waals surface area contributed by atoms with E-state index in [4.69, 9.17) is 4.74 Å². The molecule has 0 radical (unpaired) electrons. The number of ether oxygens (including phenoxy) is 1. The van der Waals surface area contributed by atoms with Crippen molar-refractivity contribution in [2.75, 3.05) is 42.0 Å². The summed E-state index contributed by atoms with van der Waals surface area (Å²) in [6.07, 6.45) is 1.80. The molecule has 4 rings (SSSR count). The molecule has 0 aliphatic carbocycles. The van der Waals surface area contributed by atoms with Crippen LogP contribution in [0.3, 0.4) is 0 Å². The smallest absolute Gasteiger partial charge is 0.264 e. The summed E-state index contributed by atoms with van der Waals surface area (Å²) >= 11 is 0. The lowest BCUT2D eigenvalue weighted by Crippen LogP contribution is -2.41. The van der Waals surface area contributed by atoms with Gasteiger partial charge in [-0.2, -0.15) is 0 Å². The number of benzene rings is 3. The molecule has 1 N–H and O–H groups in total. The monoisotopic (exact) mass is 507 g/mol. The van der Waals surface area contributed by atoms with Gasteiger partial charge in [-0.3, -0.25) is 9.10 Å². The Kier molecular flexibility index (Phi) is 8.15. The fraction of sp³-hybridized carbons (Fsp3) is 0.321. The van der Waals surface area contributed by atoms with Crippen LogP contribution in [-0.2, 0) is 21.2 Å². The lowest BCUT2D eigenvalue weighted by molar-refractivity contribution is -0.119. The highest BCUT2D eigenvalue weighted by molar-refractivity contribution is 7.92. The lowest BCUT2D eigenvalue weighted by Gasteiger charge is -2.26. The zero-order valence-corrected chi connectivity index (χ0v) is 21.6. The van der Waals surface area contributed by atoms with Crippen molar-refractivity contribution < 1.29 is 17.9 Å². The van der Waals surface area contributed by atoms with Crippen LogP contribution < -0.4 is 19.3 Å². The fourth-order valence-electron chi connectivity index (χ4n) is 4.40. The average molecular weight is 508 g/mol. The second-order valence-corrected chi connectivity index (χ2v) is 10.7. The van der Waals surface area contributed by atoms with Crippen LogP contribution in [0, 0.1) is 6.92 Å². The van der Waals surface area contributed by atoms with Gasteiger partial charge in [0.1, 0.15) is 12.3 Å². The largest absolute Gasteiger partial charge is 0.492 e. The molecule has 7 nitrogen and oxygen atoms in total. The zero-order chi connectivity index (χ0) is 25.5. The van der Waals surface area contributed by atoms with E-state index >= 15 is 0 Å². The number of rotatable bonds is 11. The maximum absolute atomic E-state index is 13.6. The average Bonchev–Trinajstić information content (AvgIpc) is 3.29. The first-order valence-electron chi connectivity index (χ1n) is 12.3. The first-order chi connectivity index (χ1) is 17.4. The third-order valence-electron chi connectivity index (χ3n) is 6.24. The molecule has 0 saturated heterocycles. The van der Waals surface area contributed by atoms with Gasteiger partial charge in [0, 0.05) is 25.3 Å². The second-order valence-electron chi connectivity index (χ2n) is 8.79. The summed E-state index contributed by atoms with van der Waals surface area (Å²) in [6.45, 7) is 6.03. The SMILES string of the molecule is CCOc1ccccc1N(CC(=O)NCCCN1CCc2ccccc21)S(=O)(=O)c1ccc(C)cc1. The minimum atomic E-state index is -4.00. The number of fused-ring (bicyclic) bond motifs is 1. The highest BCUT2D eigenvalue weighted by Crippen LogP contribution is 2.32. The van der Waals surface area contributed by atoms with Gasteiger partial charge in [-0.1, -0.05) is 48.0 Å². The van der Waals surface area contributed by atoms with Gasteiger partial charge in [-0.15, -0.1) is 0 Å². The molecule has 0 unspecified atom stereocenters. The van der Waals surface area contributed by atoms with Crippen molar-refractivity contribution in [3.8, 4) is 5.75 Å². The van der Waals surface area contributed by atoms with Crippen LogP contribution in [-0.4, -0.2) is 47.1 Å². The first-order valence-corrected chi connectivity index (χ1v) is 13.7. The van der Waals surface area contributed by atoms with Crippen molar-refractivity contribution in [3.63, 3.8) is 0 Å². The number of carbonyl (C=O) groups excluding carboxylic acids is 1. The molecule has 0 spiro atoms. The van der Waals surface area contributed by atoms with E-state index in [1.807, 2.05) is 19.9 Å². The van der Waals surface area contributed by atoms with Gasteiger partial charge >= 0.3 is 0 Å². The number of para-hydroxylation sites is 3. The van der Waals surface area contributed by atoms with Crippen molar-refractivity contribution in [1.29, 1.82) is 0 Å². The summed E-state index contributed by atoms with van der Waals surface area (Å²) in [5.41, 5.74) is 3.90. The Bertz CT molecular complexity index is 1290. The van der Waals surface area contributed by atoms with E-state index < -0.39 is 10.0 Å². The number of amides is 1. The van der Waals surface area contributed by atoms with Crippen molar-refractivity contribution in [2.24, 2.45) is 0 Å². The molecule has 0 bridgehead atoms. The Labute approximate surface area is 213 Å². The van der Waals surface area contributed by atoms with Crippen molar-refractivity contribution in [1.82, 2.24) is 5.32 Å². The molecule has 1 aliphatic rings. The van der Waals surface area contributed by atoms with Crippen LogP contribution in [0.25, 0.3) is 0 Å². The third kappa shape index (κ3) is 5.82. The van der Waals surface area contributed by atoms with E-state index in [0.29, 0.717) is 24.6 Å². The highest BCUT2D eigenvalue weighted by Gasteiger charge is 2.29. The highest BCUT2D eigenvalue weighted by atomic mass is 32.2. The summed E-state index contributed by atoms with van der Waals surface area (Å²) in [4.78, 5) is 15.4. The predicted molar refractivity (Wildman–Crippen MR) is 143 cm³/mol. The molecular formula is C28H33N3O4S. The van der Waals surface area contributed by atoms with E-state index in [9.17, 15) is 13.2 Å². The summed E-state index contributed by atoms with van der Waals surface area (Å²) < 4.78 is 34.1. The Morgan fingerprint density at radius 2 is 1.75 bits per heavy atom. The fourth-order valence-corrected chi connectivity index (χ4v) is 5.83. The van der Waals surface area contributed by atoms with E-state index in [0.717, 1.165) is 35.8 Å². The van der Waals surface area contributed by atoms with Crippen LogP contribution in [0.15, 0.2) is 77.7 Å². The topological polar surface area (TPSA) is 79.0 Å². The second kappa shape index (κ2) is 11.5. The minimum absolute atomic E-state index is 0.125. The van der Waals surface area contributed by atoms with Crippen molar-refractivity contribution in [2.45, 2.75) is 31.6 Å². The number of sulfonamides is 1. The normalized spacial score (nSPS) is 12.8. The van der Waals surface area contributed by atoms with Gasteiger partial charge in [-0.05, 0) is 62.6 Å². The molecular weight excluding hydrogens is 474 g/mol. The van der Waals surface area contributed by atoms with E-state index in [1.54, 1.807) is 48.5 Å². The minimum Gasteiger partial charge on any atom is -0.492 e. The maximum Gasteiger partial charge on any atom is 0.264 e. The quantitative estimate of drug-likeness (QED) is 0.395. The van der Waals surface area contributed by atoms with Crippen LogP contribution in [0.5, 0.6) is 5.75 Å². The van der Waals surface area contributed by atoms with Crippen LogP contribution in [0.1, 0.15) is 24.5 Å². The number of carbonyl (C=O) groups is 1. The molecule has 190 valence electrons. The number of nitrogens with one attached hydrogen (secondary N) is 1. The number of aryl methyl sites for hydroxylation is 1. The molecule has 3 aromatic rings. The maximum atomic E-state index is 13.6. The summed E-state index contributed by atoms with van der Waals surface area (Å²) in [5.74, 6) is 0.0509. The Morgan fingerprint density at radius 1 is 1.03 bits per heavy atom. The molecule has 0 aromatic heterocycles. The summed E-state index contributed by atoms with van der Waals surface area (Å²) in [5, 5.41) is 2.90. The molecule has 1 amide bonds. The molecule has 1 heterocycles. The zero-order valence-electron chi connectivity index (χ0n) is 20.8. The van der Waals surface area contributed by atoms with Crippen molar-refractivity contribution in [3.05, 3.63) is 83.9 Å². The Morgan fingerprint density at radius 3 is 2.53 bits per heavy atom. The van der Waals surface area contributed by atoms with Gasteiger partial charge in [0.05, 0.1) is 17.2 Å². The third-order valence-corrected chi connectivity index (χ3v) is 8.01. The van der Waals surface area contributed by atoms with Crippen LogP contribution >= 0.6 is 0 Å². The predicted octanol–water partition coefficient (Wildman–Crippen LogP) is 4.16. The summed E-state index contributed by atoms with van der Waals surface area (Å²) in [7, 11) is -4.00. The summed E-state index contributed by atoms with van der Waals surface area (Å²) in [6, 6.07) is 21.9. The van der Waals surface area contributed by atoms with Gasteiger partial charge in [0.25, 0.3) is 10.0 Å². The van der Waals surface area contributed by atoms with Gasteiger partial charge in [0.15, 0.2) is 0 Å². The molecule has 0 atom stereocenters. The van der Waals surface area contributed by atoms with Gasteiger partial charge in [-0.25, -0.2) is 8.42 Å². The molecule has 3 aromatic carbocycles. The van der Waals surface area contributed by atoms with Crippen LogP contribution in [0.2, 0.25) is 0 Å². The number of hydrogen-bond acceptors (Lipinski definition) is 5. The number of anilines is 2. The van der Waals surface area contributed by atoms with E-state index in [1.165, 1.54) is 11.3 Å². The van der Waals surface area contributed by atoms with E-state index in [2.05, 4.69) is 28.4 Å². The molecule has 1 aliphatic heterocycles. The lowest BCUT2D eigenvalue weighted by atomic mass is 10.2. The number of hydrogen-bond donors (Lipinski definition) is 1. The first kappa shape index (κ1) is 25.6. The van der Waals surface area contributed by atoms with E-state index in [-0.39, 0.29) is 17.3 Å². The molecule has 8 heteroatoms. The Hall–Kier alpha value is -3.52. The molecule has 36 heavy (non-hydrogen) atoms. The standard InChI is InChI=1S/C28H33N3O4S/c1-3-35-27-12-7-6-11-26(27)31(36(33,34)24-15-13-22(2)14-16-24)21-28(32)29-18-8-19-30-20-17-23-9-4-5-10-25(23)30/h4-7,9-16H,3,8,17-21H2,1-2H3,(H,29,32). The number of nitrogens with zero attached hydrogens (tertiary/aromatic N) is 2. The van der Waals surface area contributed by atoms with Crippen LogP contribution in [0.4, 0.5) is 11.4 Å². The Balaban J connectivity index is 1.45.